The third kappa shape index (κ3) is 3.80. The second-order valence-electron chi connectivity index (χ2n) is 6.32. The lowest BCUT2D eigenvalue weighted by atomic mass is 9.78. The Labute approximate surface area is 105 Å². The smallest absolute Gasteiger partial charge is 0.136 e. The highest BCUT2D eigenvalue weighted by atomic mass is 16.3. The van der Waals surface area contributed by atoms with Gasteiger partial charge in [0.05, 0.1) is 6.10 Å². The van der Waals surface area contributed by atoms with Gasteiger partial charge in [-0.05, 0) is 37.5 Å². The van der Waals surface area contributed by atoms with Gasteiger partial charge >= 0.3 is 0 Å². The minimum absolute atomic E-state index is 0.148. The zero-order valence-electron chi connectivity index (χ0n) is 11.0. The van der Waals surface area contributed by atoms with Gasteiger partial charge < -0.3 is 5.11 Å². The van der Waals surface area contributed by atoms with E-state index in [0.29, 0.717) is 11.7 Å². The summed E-state index contributed by atoms with van der Waals surface area (Å²) >= 11 is 0. The molecule has 0 aliphatic heterocycles. The lowest BCUT2D eigenvalue weighted by Crippen LogP contribution is -2.28. The molecule has 2 saturated carbocycles. The number of hydrogen-bond acceptors (Lipinski definition) is 2. The van der Waals surface area contributed by atoms with Gasteiger partial charge in [0.15, 0.2) is 0 Å². The maximum Gasteiger partial charge on any atom is 0.136 e. The molecular formula is C15H26O2. The van der Waals surface area contributed by atoms with Crippen LogP contribution in [0.3, 0.4) is 0 Å². The third-order valence-electron chi connectivity index (χ3n) is 4.66. The Morgan fingerprint density at radius 2 is 1.94 bits per heavy atom. The summed E-state index contributed by atoms with van der Waals surface area (Å²) < 4.78 is 0. The molecule has 2 aliphatic rings. The van der Waals surface area contributed by atoms with Gasteiger partial charge in [0, 0.05) is 12.3 Å². The van der Waals surface area contributed by atoms with Crippen LogP contribution in [-0.4, -0.2) is 17.0 Å². The van der Waals surface area contributed by atoms with Crippen molar-refractivity contribution in [2.24, 2.45) is 17.8 Å². The van der Waals surface area contributed by atoms with Crippen molar-refractivity contribution in [2.45, 2.75) is 70.8 Å². The molecule has 1 N–H and O–H groups in total. The Kier molecular flexibility index (Phi) is 4.61. The highest BCUT2D eigenvalue weighted by Gasteiger charge is 2.29. The molecule has 3 atom stereocenters. The number of rotatable bonds is 4. The SMILES string of the molecule is CC1CCC(=O)C(CC(O)CC2CCCC2)C1. The Hall–Kier alpha value is -0.370. The van der Waals surface area contributed by atoms with Gasteiger partial charge in [0.25, 0.3) is 0 Å². The van der Waals surface area contributed by atoms with Crippen molar-refractivity contribution >= 4 is 5.78 Å². The molecule has 0 bridgehead atoms. The first kappa shape index (κ1) is 13.1. The number of aliphatic hydroxyl groups excluding tert-OH is 1. The van der Waals surface area contributed by atoms with Gasteiger partial charge in [-0.2, -0.15) is 0 Å². The molecule has 2 heteroatoms. The van der Waals surface area contributed by atoms with Crippen LogP contribution >= 0.6 is 0 Å². The Bertz CT molecular complexity index is 256. The van der Waals surface area contributed by atoms with Crippen LogP contribution in [-0.2, 0) is 4.79 Å². The lowest BCUT2D eigenvalue weighted by Gasteiger charge is -2.27. The maximum atomic E-state index is 11.8. The summed E-state index contributed by atoms with van der Waals surface area (Å²) in [4.78, 5) is 11.8. The summed E-state index contributed by atoms with van der Waals surface area (Å²) in [5.41, 5.74) is 0. The van der Waals surface area contributed by atoms with E-state index in [1.807, 2.05) is 0 Å². The van der Waals surface area contributed by atoms with E-state index in [1.54, 1.807) is 0 Å². The molecule has 2 rings (SSSR count). The molecule has 0 aromatic carbocycles. The predicted octanol–water partition coefficient (Wildman–Crippen LogP) is 3.32. The number of carbonyl (C=O) groups excluding carboxylic acids is 1. The second-order valence-corrected chi connectivity index (χ2v) is 6.32. The van der Waals surface area contributed by atoms with Crippen molar-refractivity contribution in [1.82, 2.24) is 0 Å². The molecule has 2 nitrogen and oxygen atoms in total. The molecule has 0 aromatic heterocycles. The van der Waals surface area contributed by atoms with Crippen LogP contribution in [0.5, 0.6) is 0 Å². The number of hydrogen-bond donors (Lipinski definition) is 1. The normalized spacial score (nSPS) is 32.9. The predicted molar refractivity (Wildman–Crippen MR) is 68.7 cm³/mol. The quantitative estimate of drug-likeness (QED) is 0.815. The van der Waals surface area contributed by atoms with Gasteiger partial charge in [-0.25, -0.2) is 0 Å². The standard InChI is InChI=1S/C15H26O2/c1-11-6-7-15(17)13(8-11)10-14(16)9-12-4-2-3-5-12/h11-14,16H,2-10H2,1H3. The van der Waals surface area contributed by atoms with Crippen molar-refractivity contribution in [2.75, 3.05) is 0 Å². The largest absolute Gasteiger partial charge is 0.393 e. The maximum absolute atomic E-state index is 11.8. The molecule has 3 unspecified atom stereocenters. The average molecular weight is 238 g/mol. The minimum Gasteiger partial charge on any atom is -0.393 e. The van der Waals surface area contributed by atoms with E-state index in [1.165, 1.54) is 25.7 Å². The number of aliphatic hydroxyl groups is 1. The molecule has 0 amide bonds. The molecule has 2 aliphatic carbocycles. The lowest BCUT2D eigenvalue weighted by molar-refractivity contribution is -0.126. The summed E-state index contributed by atoms with van der Waals surface area (Å²) in [5.74, 6) is 1.93. The fourth-order valence-corrected chi connectivity index (χ4v) is 3.61. The molecule has 98 valence electrons. The number of Topliss-reactive ketones (excluding diaryl/α,β-unsaturated/α-hetero) is 1. The molecule has 0 heterocycles. The molecule has 0 saturated heterocycles. The summed E-state index contributed by atoms with van der Waals surface area (Å²) in [7, 11) is 0. The van der Waals surface area contributed by atoms with E-state index >= 15 is 0 Å². The second kappa shape index (κ2) is 5.99. The van der Waals surface area contributed by atoms with Crippen LogP contribution in [0.2, 0.25) is 0 Å². The Morgan fingerprint density at radius 3 is 2.65 bits per heavy atom. The van der Waals surface area contributed by atoms with Crippen molar-refractivity contribution in [3.05, 3.63) is 0 Å². The summed E-state index contributed by atoms with van der Waals surface area (Å²) in [6.07, 6.45) is 9.43. The fraction of sp³-hybridized carbons (Fsp3) is 0.933. The minimum atomic E-state index is -0.239. The Morgan fingerprint density at radius 1 is 1.24 bits per heavy atom. The monoisotopic (exact) mass is 238 g/mol. The first-order valence-corrected chi connectivity index (χ1v) is 7.36. The van der Waals surface area contributed by atoms with E-state index in [9.17, 15) is 9.90 Å². The zero-order chi connectivity index (χ0) is 12.3. The van der Waals surface area contributed by atoms with Crippen LogP contribution in [0.15, 0.2) is 0 Å². The van der Waals surface area contributed by atoms with Crippen LogP contribution in [0.25, 0.3) is 0 Å². The van der Waals surface area contributed by atoms with E-state index in [-0.39, 0.29) is 12.0 Å². The van der Waals surface area contributed by atoms with E-state index in [4.69, 9.17) is 0 Å². The number of ketones is 1. The van der Waals surface area contributed by atoms with Crippen molar-refractivity contribution < 1.29 is 9.90 Å². The van der Waals surface area contributed by atoms with Crippen LogP contribution in [0.1, 0.15) is 64.7 Å². The Balaban J connectivity index is 1.76. The molecule has 17 heavy (non-hydrogen) atoms. The van der Waals surface area contributed by atoms with E-state index < -0.39 is 0 Å². The first-order valence-electron chi connectivity index (χ1n) is 7.36. The molecular weight excluding hydrogens is 212 g/mol. The van der Waals surface area contributed by atoms with Gasteiger partial charge in [-0.15, -0.1) is 0 Å². The van der Waals surface area contributed by atoms with Gasteiger partial charge in [-0.3, -0.25) is 4.79 Å². The first-order chi connectivity index (χ1) is 8.15. The van der Waals surface area contributed by atoms with Gasteiger partial charge in [0.1, 0.15) is 5.78 Å². The highest BCUT2D eigenvalue weighted by molar-refractivity contribution is 5.81. The van der Waals surface area contributed by atoms with Gasteiger partial charge in [0.2, 0.25) is 0 Å². The van der Waals surface area contributed by atoms with E-state index in [2.05, 4.69) is 6.92 Å². The van der Waals surface area contributed by atoms with Crippen LogP contribution in [0.4, 0.5) is 0 Å². The van der Waals surface area contributed by atoms with Crippen molar-refractivity contribution in [3.63, 3.8) is 0 Å². The van der Waals surface area contributed by atoms with Gasteiger partial charge in [-0.1, -0.05) is 32.6 Å². The van der Waals surface area contributed by atoms with E-state index in [0.717, 1.165) is 38.0 Å². The number of carbonyl (C=O) groups is 1. The summed E-state index contributed by atoms with van der Waals surface area (Å²) in [5, 5.41) is 10.1. The highest BCUT2D eigenvalue weighted by Crippen LogP contribution is 2.33. The van der Waals surface area contributed by atoms with Crippen molar-refractivity contribution in [3.8, 4) is 0 Å². The summed E-state index contributed by atoms with van der Waals surface area (Å²) in [6, 6.07) is 0. The zero-order valence-corrected chi connectivity index (χ0v) is 11.0. The fourth-order valence-electron chi connectivity index (χ4n) is 3.61. The van der Waals surface area contributed by atoms with Crippen LogP contribution < -0.4 is 0 Å². The molecule has 0 radical (unpaired) electrons. The van der Waals surface area contributed by atoms with Crippen LogP contribution in [0, 0.1) is 17.8 Å². The molecule has 2 fully saturated rings. The average Bonchev–Trinajstić information content (AvgIpc) is 2.76. The molecule has 0 spiro atoms. The molecule has 0 aromatic rings. The van der Waals surface area contributed by atoms with Crippen molar-refractivity contribution in [1.29, 1.82) is 0 Å². The topological polar surface area (TPSA) is 37.3 Å². The third-order valence-corrected chi connectivity index (χ3v) is 4.66. The summed E-state index contributed by atoms with van der Waals surface area (Å²) in [6.45, 7) is 2.22.